The molecule has 0 atom stereocenters. The summed E-state index contributed by atoms with van der Waals surface area (Å²) in [4.78, 5) is 0. The van der Waals surface area contributed by atoms with Crippen LogP contribution in [0.25, 0.3) is 0 Å². The Balaban J connectivity index is 2.36. The van der Waals surface area contributed by atoms with Crippen molar-refractivity contribution in [3.8, 4) is 5.75 Å². The van der Waals surface area contributed by atoms with Gasteiger partial charge < -0.3 is 4.74 Å². The lowest BCUT2D eigenvalue weighted by Crippen LogP contribution is -1.86. The maximum Gasteiger partial charge on any atom is 0.118 e. The molecule has 0 aliphatic rings. The Morgan fingerprint density at radius 3 is 2.50 bits per heavy atom. The number of unbranched alkanes of at least 4 members (excludes halogenated alkanes) is 1. The van der Waals surface area contributed by atoms with E-state index in [1.165, 1.54) is 18.4 Å². The van der Waals surface area contributed by atoms with Crippen LogP contribution in [-0.2, 0) is 6.42 Å². The van der Waals surface area contributed by atoms with E-state index in [0.29, 0.717) is 0 Å². The molecule has 0 spiro atoms. The highest BCUT2D eigenvalue weighted by molar-refractivity contribution is 5.27. The van der Waals surface area contributed by atoms with Crippen molar-refractivity contribution in [2.75, 3.05) is 7.11 Å². The minimum Gasteiger partial charge on any atom is -0.497 e. The standard InChI is InChI=1S/C13H18O/c1-3-4-5-6-7-12-8-10-13(14-2)11-9-12/h3-4,8-11H,5-7H2,1-2H3. The second-order valence-electron chi connectivity index (χ2n) is 3.31. The van der Waals surface area contributed by atoms with Crippen LogP contribution in [0.2, 0.25) is 0 Å². The molecule has 0 N–H and O–H groups in total. The first-order chi connectivity index (χ1) is 6.86. The van der Waals surface area contributed by atoms with Gasteiger partial charge in [-0.25, -0.2) is 0 Å². The van der Waals surface area contributed by atoms with Crippen molar-refractivity contribution in [2.45, 2.75) is 26.2 Å². The van der Waals surface area contributed by atoms with Gasteiger partial charge in [0.15, 0.2) is 0 Å². The quantitative estimate of drug-likeness (QED) is 0.509. The molecule has 0 saturated heterocycles. The van der Waals surface area contributed by atoms with Gasteiger partial charge in [0.2, 0.25) is 0 Å². The Kier molecular flexibility index (Phi) is 4.84. The van der Waals surface area contributed by atoms with Crippen LogP contribution in [0, 0.1) is 0 Å². The van der Waals surface area contributed by atoms with Crippen molar-refractivity contribution < 1.29 is 4.74 Å². The molecule has 1 aromatic rings. The molecule has 76 valence electrons. The second-order valence-corrected chi connectivity index (χ2v) is 3.31. The summed E-state index contributed by atoms with van der Waals surface area (Å²) < 4.78 is 5.10. The molecular formula is C13H18O. The van der Waals surface area contributed by atoms with Gasteiger partial charge in [-0.2, -0.15) is 0 Å². The molecule has 0 fully saturated rings. The maximum atomic E-state index is 5.10. The van der Waals surface area contributed by atoms with Crippen molar-refractivity contribution in [2.24, 2.45) is 0 Å². The molecule has 0 radical (unpaired) electrons. The molecule has 0 amide bonds. The minimum absolute atomic E-state index is 0.933. The van der Waals surface area contributed by atoms with Crippen LogP contribution in [0.1, 0.15) is 25.3 Å². The number of ether oxygens (including phenoxy) is 1. The van der Waals surface area contributed by atoms with Crippen LogP contribution in [0.15, 0.2) is 36.4 Å². The number of hydrogen-bond donors (Lipinski definition) is 0. The third-order valence-electron chi connectivity index (χ3n) is 2.23. The van der Waals surface area contributed by atoms with Gasteiger partial charge in [-0.15, -0.1) is 0 Å². The Bertz CT molecular complexity index is 272. The van der Waals surface area contributed by atoms with E-state index in [0.717, 1.165) is 12.2 Å². The van der Waals surface area contributed by atoms with Gasteiger partial charge in [0, 0.05) is 0 Å². The van der Waals surface area contributed by atoms with E-state index >= 15 is 0 Å². The fourth-order valence-electron chi connectivity index (χ4n) is 1.38. The lowest BCUT2D eigenvalue weighted by atomic mass is 10.1. The highest BCUT2D eigenvalue weighted by atomic mass is 16.5. The van der Waals surface area contributed by atoms with Gasteiger partial charge in [-0.1, -0.05) is 24.3 Å². The predicted molar refractivity (Wildman–Crippen MR) is 60.7 cm³/mol. The molecule has 0 aromatic heterocycles. The van der Waals surface area contributed by atoms with Gasteiger partial charge in [-0.05, 0) is 43.9 Å². The van der Waals surface area contributed by atoms with Gasteiger partial charge >= 0.3 is 0 Å². The molecule has 0 unspecified atom stereocenters. The maximum absolute atomic E-state index is 5.10. The first-order valence-electron chi connectivity index (χ1n) is 5.11. The fraction of sp³-hybridized carbons (Fsp3) is 0.385. The monoisotopic (exact) mass is 190 g/mol. The van der Waals surface area contributed by atoms with Crippen molar-refractivity contribution in [3.05, 3.63) is 42.0 Å². The van der Waals surface area contributed by atoms with E-state index in [9.17, 15) is 0 Å². The van der Waals surface area contributed by atoms with E-state index in [1.54, 1.807) is 7.11 Å². The lowest BCUT2D eigenvalue weighted by Gasteiger charge is -2.02. The molecule has 0 saturated carbocycles. The van der Waals surface area contributed by atoms with E-state index in [4.69, 9.17) is 4.74 Å². The van der Waals surface area contributed by atoms with Crippen molar-refractivity contribution in [1.29, 1.82) is 0 Å². The van der Waals surface area contributed by atoms with Crippen molar-refractivity contribution in [3.63, 3.8) is 0 Å². The normalized spacial score (nSPS) is 10.7. The summed E-state index contributed by atoms with van der Waals surface area (Å²) in [6, 6.07) is 8.30. The Morgan fingerprint density at radius 2 is 1.93 bits per heavy atom. The fourth-order valence-corrected chi connectivity index (χ4v) is 1.38. The van der Waals surface area contributed by atoms with Gasteiger partial charge in [-0.3, -0.25) is 0 Å². The molecular weight excluding hydrogens is 172 g/mol. The number of methoxy groups -OCH3 is 1. The molecule has 0 aliphatic carbocycles. The van der Waals surface area contributed by atoms with Gasteiger partial charge in [0.1, 0.15) is 5.75 Å². The molecule has 0 bridgehead atoms. The Hall–Kier alpha value is -1.24. The van der Waals surface area contributed by atoms with Gasteiger partial charge in [0.25, 0.3) is 0 Å². The molecule has 0 aliphatic heterocycles. The summed E-state index contributed by atoms with van der Waals surface area (Å²) in [5.41, 5.74) is 1.38. The summed E-state index contributed by atoms with van der Waals surface area (Å²) in [6.45, 7) is 2.06. The number of hydrogen-bond acceptors (Lipinski definition) is 1. The summed E-state index contributed by atoms with van der Waals surface area (Å²) in [6.07, 6.45) is 7.85. The number of benzene rings is 1. The topological polar surface area (TPSA) is 9.23 Å². The average Bonchev–Trinajstić information content (AvgIpc) is 2.25. The van der Waals surface area contributed by atoms with Crippen LogP contribution in [0.5, 0.6) is 5.75 Å². The van der Waals surface area contributed by atoms with Crippen LogP contribution in [0.4, 0.5) is 0 Å². The third kappa shape index (κ3) is 3.65. The minimum atomic E-state index is 0.933. The van der Waals surface area contributed by atoms with Crippen LogP contribution >= 0.6 is 0 Å². The highest BCUT2D eigenvalue weighted by Gasteiger charge is 1.93. The smallest absolute Gasteiger partial charge is 0.118 e. The molecule has 1 nitrogen and oxygen atoms in total. The summed E-state index contributed by atoms with van der Waals surface area (Å²) >= 11 is 0. The zero-order chi connectivity index (χ0) is 10.2. The number of allylic oxidation sites excluding steroid dienone is 2. The zero-order valence-electron chi connectivity index (χ0n) is 8.99. The van der Waals surface area contributed by atoms with Crippen molar-refractivity contribution in [1.82, 2.24) is 0 Å². The number of rotatable bonds is 5. The predicted octanol–water partition coefficient (Wildman–Crippen LogP) is 3.59. The first kappa shape index (κ1) is 10.8. The summed E-state index contributed by atoms with van der Waals surface area (Å²) in [5.74, 6) is 0.933. The highest BCUT2D eigenvalue weighted by Crippen LogP contribution is 2.13. The molecule has 1 rings (SSSR count). The SMILES string of the molecule is CC=CCCCc1ccc(OC)cc1. The van der Waals surface area contributed by atoms with Gasteiger partial charge in [0.05, 0.1) is 7.11 Å². The summed E-state index contributed by atoms with van der Waals surface area (Å²) in [7, 11) is 1.70. The van der Waals surface area contributed by atoms with Crippen LogP contribution in [-0.4, -0.2) is 7.11 Å². The number of aryl methyl sites for hydroxylation is 1. The van der Waals surface area contributed by atoms with E-state index in [-0.39, 0.29) is 0 Å². The van der Waals surface area contributed by atoms with E-state index in [1.807, 2.05) is 12.1 Å². The molecule has 1 aromatic carbocycles. The molecule has 1 heteroatoms. The molecule has 0 heterocycles. The Morgan fingerprint density at radius 1 is 1.21 bits per heavy atom. The Labute approximate surface area is 86.4 Å². The van der Waals surface area contributed by atoms with E-state index in [2.05, 4.69) is 31.2 Å². The lowest BCUT2D eigenvalue weighted by molar-refractivity contribution is 0.414. The van der Waals surface area contributed by atoms with Crippen LogP contribution < -0.4 is 4.74 Å². The zero-order valence-corrected chi connectivity index (χ0v) is 8.99. The third-order valence-corrected chi connectivity index (χ3v) is 2.23. The molecule has 14 heavy (non-hydrogen) atoms. The van der Waals surface area contributed by atoms with Crippen LogP contribution in [0.3, 0.4) is 0 Å². The first-order valence-corrected chi connectivity index (χ1v) is 5.11. The average molecular weight is 190 g/mol. The largest absolute Gasteiger partial charge is 0.497 e. The van der Waals surface area contributed by atoms with Crippen molar-refractivity contribution >= 4 is 0 Å². The van der Waals surface area contributed by atoms with E-state index < -0.39 is 0 Å². The second kappa shape index (κ2) is 6.25. The summed E-state index contributed by atoms with van der Waals surface area (Å²) in [5, 5.41) is 0.